The van der Waals surface area contributed by atoms with Crippen LogP contribution in [0.25, 0.3) is 0 Å². The van der Waals surface area contributed by atoms with Gasteiger partial charge < -0.3 is 20.5 Å². The Morgan fingerprint density at radius 3 is 2.57 bits per heavy atom. The summed E-state index contributed by atoms with van der Waals surface area (Å²) in [6.07, 6.45) is -0.633. The molecule has 1 atom stereocenters. The van der Waals surface area contributed by atoms with Crippen molar-refractivity contribution in [1.82, 2.24) is 10.6 Å². The molecule has 0 saturated carbocycles. The number of nitrogens with one attached hydrogen (secondary N) is 2. The van der Waals surface area contributed by atoms with Gasteiger partial charge in [0.05, 0.1) is 6.54 Å². The third-order valence-corrected chi connectivity index (χ3v) is 3.20. The summed E-state index contributed by atoms with van der Waals surface area (Å²) in [4.78, 5) is 4.34. The molecule has 21 heavy (non-hydrogen) atoms. The Balaban J connectivity index is 2.40. The summed E-state index contributed by atoms with van der Waals surface area (Å²) in [5, 5.41) is 16.3. The number of aliphatic hydroxyl groups excluding tert-OH is 1. The van der Waals surface area contributed by atoms with Gasteiger partial charge in [-0.2, -0.15) is 0 Å². The first-order valence-electron chi connectivity index (χ1n) is 7.12. The highest BCUT2D eigenvalue weighted by atomic mass is 127. The lowest BCUT2D eigenvalue weighted by Gasteiger charge is -2.15. The molecule has 0 heterocycles. The van der Waals surface area contributed by atoms with Crippen LogP contribution >= 0.6 is 22.6 Å². The summed E-state index contributed by atoms with van der Waals surface area (Å²) in [6.45, 7) is 7.41. The molecule has 6 heteroatoms. The van der Waals surface area contributed by atoms with Crippen LogP contribution in [-0.4, -0.2) is 42.9 Å². The predicted molar refractivity (Wildman–Crippen MR) is 94.9 cm³/mol. The van der Waals surface area contributed by atoms with Gasteiger partial charge in [0.15, 0.2) is 5.96 Å². The third kappa shape index (κ3) is 8.11. The van der Waals surface area contributed by atoms with Crippen LogP contribution in [0, 0.1) is 3.57 Å². The van der Waals surface area contributed by atoms with Crippen molar-refractivity contribution in [3.05, 3.63) is 27.8 Å². The van der Waals surface area contributed by atoms with Crippen molar-refractivity contribution in [2.45, 2.75) is 32.9 Å². The van der Waals surface area contributed by atoms with E-state index in [0.717, 1.165) is 15.9 Å². The summed E-state index contributed by atoms with van der Waals surface area (Å²) in [5.74, 6) is 1.46. The molecule has 118 valence electrons. The van der Waals surface area contributed by atoms with E-state index in [1.54, 1.807) is 0 Å². The first-order valence-corrected chi connectivity index (χ1v) is 8.20. The maximum atomic E-state index is 9.93. The summed E-state index contributed by atoms with van der Waals surface area (Å²) < 4.78 is 6.69. The van der Waals surface area contributed by atoms with Gasteiger partial charge in [-0.15, -0.1) is 0 Å². The van der Waals surface area contributed by atoms with Gasteiger partial charge in [0, 0.05) is 16.2 Å². The van der Waals surface area contributed by atoms with Crippen LogP contribution in [0.1, 0.15) is 20.8 Å². The Labute approximate surface area is 140 Å². The second kappa shape index (κ2) is 9.83. The van der Waals surface area contributed by atoms with Gasteiger partial charge in [-0.25, -0.2) is 0 Å². The molecule has 1 aromatic carbocycles. The quantitative estimate of drug-likeness (QED) is 0.369. The van der Waals surface area contributed by atoms with Crippen LogP contribution < -0.4 is 15.4 Å². The van der Waals surface area contributed by atoms with Gasteiger partial charge in [-0.3, -0.25) is 4.99 Å². The largest absolute Gasteiger partial charge is 0.491 e. The number of rotatable bonds is 7. The highest BCUT2D eigenvalue weighted by Crippen LogP contribution is 2.13. The zero-order chi connectivity index (χ0) is 15.7. The van der Waals surface area contributed by atoms with Crippen molar-refractivity contribution < 1.29 is 9.84 Å². The molecular weight excluding hydrogens is 381 g/mol. The molecule has 0 fully saturated rings. The van der Waals surface area contributed by atoms with E-state index in [9.17, 15) is 5.11 Å². The Morgan fingerprint density at radius 1 is 1.33 bits per heavy atom. The van der Waals surface area contributed by atoms with Crippen molar-refractivity contribution in [3.63, 3.8) is 0 Å². The second-order valence-electron chi connectivity index (χ2n) is 4.94. The van der Waals surface area contributed by atoms with Crippen molar-refractivity contribution in [1.29, 1.82) is 0 Å². The van der Waals surface area contributed by atoms with Crippen molar-refractivity contribution >= 4 is 28.6 Å². The maximum absolute atomic E-state index is 9.93. The van der Waals surface area contributed by atoms with E-state index in [-0.39, 0.29) is 6.61 Å². The molecule has 1 aromatic rings. The molecule has 0 aliphatic rings. The van der Waals surface area contributed by atoms with E-state index in [4.69, 9.17) is 4.74 Å². The Kier molecular flexibility index (Phi) is 8.44. The fourth-order valence-electron chi connectivity index (χ4n) is 1.57. The summed E-state index contributed by atoms with van der Waals surface area (Å²) in [6, 6.07) is 8.01. The summed E-state index contributed by atoms with van der Waals surface area (Å²) in [7, 11) is 0. The van der Waals surface area contributed by atoms with E-state index in [1.165, 1.54) is 0 Å². The first kappa shape index (κ1) is 18.0. The topological polar surface area (TPSA) is 65.9 Å². The van der Waals surface area contributed by atoms with E-state index in [2.05, 4.69) is 38.2 Å². The molecule has 0 aliphatic carbocycles. The van der Waals surface area contributed by atoms with E-state index in [0.29, 0.717) is 18.5 Å². The normalized spacial score (nSPS) is 13.1. The Hall–Kier alpha value is -1.02. The van der Waals surface area contributed by atoms with Crippen molar-refractivity contribution in [2.24, 2.45) is 4.99 Å². The lowest BCUT2D eigenvalue weighted by Crippen LogP contribution is -2.41. The fraction of sp³-hybridized carbons (Fsp3) is 0.533. The number of nitrogens with zero attached hydrogens (tertiary/aromatic N) is 1. The van der Waals surface area contributed by atoms with Crippen LogP contribution in [0.3, 0.4) is 0 Å². The molecule has 0 spiro atoms. The fourth-order valence-corrected chi connectivity index (χ4v) is 1.93. The zero-order valence-electron chi connectivity index (χ0n) is 12.8. The smallest absolute Gasteiger partial charge is 0.191 e. The molecule has 5 nitrogen and oxygen atoms in total. The number of halogens is 1. The van der Waals surface area contributed by atoms with Gasteiger partial charge in [-0.05, 0) is 67.6 Å². The number of guanidine groups is 1. The van der Waals surface area contributed by atoms with Gasteiger partial charge in [0.25, 0.3) is 0 Å². The second-order valence-corrected chi connectivity index (χ2v) is 6.18. The van der Waals surface area contributed by atoms with Gasteiger partial charge in [0.1, 0.15) is 18.5 Å². The summed E-state index contributed by atoms with van der Waals surface area (Å²) >= 11 is 2.24. The zero-order valence-corrected chi connectivity index (χ0v) is 14.9. The van der Waals surface area contributed by atoms with E-state index >= 15 is 0 Å². The molecule has 0 aromatic heterocycles. The van der Waals surface area contributed by atoms with Crippen molar-refractivity contribution in [2.75, 3.05) is 19.7 Å². The minimum atomic E-state index is -0.633. The number of benzene rings is 1. The monoisotopic (exact) mass is 405 g/mol. The van der Waals surface area contributed by atoms with Gasteiger partial charge in [-0.1, -0.05) is 0 Å². The predicted octanol–water partition coefficient (Wildman–Crippen LogP) is 1.99. The Bertz CT molecular complexity index is 435. The van der Waals surface area contributed by atoms with E-state index < -0.39 is 6.10 Å². The van der Waals surface area contributed by atoms with Gasteiger partial charge in [0.2, 0.25) is 0 Å². The number of hydrogen-bond acceptors (Lipinski definition) is 3. The van der Waals surface area contributed by atoms with Gasteiger partial charge >= 0.3 is 0 Å². The molecular formula is C15H24IN3O2. The molecule has 1 rings (SSSR count). The molecule has 0 aliphatic heterocycles. The highest BCUT2D eigenvalue weighted by Gasteiger charge is 2.06. The highest BCUT2D eigenvalue weighted by molar-refractivity contribution is 14.1. The third-order valence-electron chi connectivity index (χ3n) is 2.49. The van der Waals surface area contributed by atoms with Crippen LogP contribution in [0.4, 0.5) is 0 Å². The maximum Gasteiger partial charge on any atom is 0.191 e. The minimum Gasteiger partial charge on any atom is -0.491 e. The standard InChI is InChI=1S/C15H24IN3O2/c1-4-17-15(19-11(2)3)18-9-13(20)10-21-14-7-5-12(16)6-8-14/h5-8,11,13,20H,4,9-10H2,1-3H3,(H2,17,18,19). The van der Waals surface area contributed by atoms with Crippen LogP contribution in [0.15, 0.2) is 29.3 Å². The van der Waals surface area contributed by atoms with Crippen LogP contribution in [-0.2, 0) is 0 Å². The number of hydrogen-bond donors (Lipinski definition) is 3. The van der Waals surface area contributed by atoms with E-state index in [1.807, 2.05) is 45.0 Å². The number of aliphatic hydroxyl groups is 1. The minimum absolute atomic E-state index is 0.227. The number of ether oxygens (including phenoxy) is 1. The number of aliphatic imine (C=N–C) groups is 1. The lowest BCUT2D eigenvalue weighted by atomic mass is 10.3. The molecule has 0 amide bonds. The lowest BCUT2D eigenvalue weighted by molar-refractivity contribution is 0.114. The average molecular weight is 405 g/mol. The van der Waals surface area contributed by atoms with Crippen molar-refractivity contribution in [3.8, 4) is 5.75 Å². The molecule has 0 saturated heterocycles. The summed E-state index contributed by atoms with van der Waals surface area (Å²) in [5.41, 5.74) is 0. The average Bonchev–Trinajstić information content (AvgIpc) is 2.44. The molecule has 3 N–H and O–H groups in total. The molecule has 1 unspecified atom stereocenters. The Morgan fingerprint density at radius 2 is 2.00 bits per heavy atom. The molecule has 0 radical (unpaired) electrons. The SMILES string of the molecule is CCNC(=NCC(O)COc1ccc(I)cc1)NC(C)C. The van der Waals surface area contributed by atoms with Crippen LogP contribution in [0.5, 0.6) is 5.75 Å². The van der Waals surface area contributed by atoms with Crippen LogP contribution in [0.2, 0.25) is 0 Å². The molecule has 0 bridgehead atoms. The first-order chi connectivity index (χ1) is 10.0.